The zero-order valence-corrected chi connectivity index (χ0v) is 18.4. The SMILES string of the molecule is COc1nc(-c2cc(C)c(NC(C)c3ccccc3C)nn2)ccc1-n1cnc(C)c1. The molecule has 158 valence electrons. The molecule has 1 unspecified atom stereocenters. The Labute approximate surface area is 182 Å². The van der Waals surface area contributed by atoms with Crippen LogP contribution in [0.1, 0.15) is 35.3 Å². The highest BCUT2D eigenvalue weighted by molar-refractivity contribution is 5.61. The number of nitrogens with one attached hydrogen (secondary N) is 1. The van der Waals surface area contributed by atoms with Crippen LogP contribution in [0.25, 0.3) is 17.1 Å². The molecule has 0 radical (unpaired) electrons. The molecular weight excluding hydrogens is 388 g/mol. The molecule has 4 rings (SSSR count). The Morgan fingerprint density at radius 1 is 0.968 bits per heavy atom. The van der Waals surface area contributed by atoms with Crippen molar-refractivity contribution < 1.29 is 4.74 Å². The molecular formula is C24H26N6O. The summed E-state index contributed by atoms with van der Waals surface area (Å²) in [6.07, 6.45) is 3.67. The van der Waals surface area contributed by atoms with Gasteiger partial charge in [0.2, 0.25) is 5.88 Å². The van der Waals surface area contributed by atoms with Crippen LogP contribution >= 0.6 is 0 Å². The zero-order chi connectivity index (χ0) is 22.0. The van der Waals surface area contributed by atoms with Crippen LogP contribution in [-0.4, -0.2) is 31.8 Å². The van der Waals surface area contributed by atoms with Gasteiger partial charge in [-0.1, -0.05) is 24.3 Å². The minimum atomic E-state index is 0.121. The van der Waals surface area contributed by atoms with Crippen molar-refractivity contribution in [2.45, 2.75) is 33.7 Å². The maximum absolute atomic E-state index is 5.52. The van der Waals surface area contributed by atoms with Crippen LogP contribution < -0.4 is 10.1 Å². The summed E-state index contributed by atoms with van der Waals surface area (Å²) in [4.78, 5) is 8.92. The lowest BCUT2D eigenvalue weighted by atomic mass is 10.0. The fraction of sp³-hybridized carbons (Fsp3) is 0.250. The van der Waals surface area contributed by atoms with E-state index in [1.807, 2.05) is 48.9 Å². The number of pyridine rings is 1. The highest BCUT2D eigenvalue weighted by atomic mass is 16.5. The highest BCUT2D eigenvalue weighted by Gasteiger charge is 2.14. The van der Waals surface area contributed by atoms with E-state index in [1.165, 1.54) is 11.1 Å². The van der Waals surface area contributed by atoms with Gasteiger partial charge < -0.3 is 14.6 Å². The molecule has 0 aliphatic heterocycles. The number of aryl methyl sites for hydroxylation is 3. The lowest BCUT2D eigenvalue weighted by molar-refractivity contribution is 0.396. The van der Waals surface area contributed by atoms with E-state index >= 15 is 0 Å². The molecule has 31 heavy (non-hydrogen) atoms. The van der Waals surface area contributed by atoms with Gasteiger partial charge >= 0.3 is 0 Å². The van der Waals surface area contributed by atoms with Gasteiger partial charge in [-0.25, -0.2) is 9.97 Å². The highest BCUT2D eigenvalue weighted by Crippen LogP contribution is 2.27. The van der Waals surface area contributed by atoms with Gasteiger partial charge in [0, 0.05) is 6.20 Å². The Hall–Kier alpha value is -3.74. The normalized spacial score (nSPS) is 11.9. The summed E-state index contributed by atoms with van der Waals surface area (Å²) in [7, 11) is 1.61. The number of methoxy groups -OCH3 is 1. The van der Waals surface area contributed by atoms with Crippen molar-refractivity contribution in [2.75, 3.05) is 12.4 Å². The largest absolute Gasteiger partial charge is 0.479 e. The van der Waals surface area contributed by atoms with Gasteiger partial charge in [0.05, 0.1) is 30.9 Å². The number of imidazole rings is 1. The molecule has 1 aromatic carbocycles. The molecule has 7 heteroatoms. The third-order valence-electron chi connectivity index (χ3n) is 5.28. The first-order chi connectivity index (χ1) is 15.0. The maximum Gasteiger partial charge on any atom is 0.238 e. The molecule has 7 nitrogen and oxygen atoms in total. The summed E-state index contributed by atoms with van der Waals surface area (Å²) >= 11 is 0. The van der Waals surface area contributed by atoms with Gasteiger partial charge in [-0.05, 0) is 62.6 Å². The summed E-state index contributed by atoms with van der Waals surface area (Å²) in [6, 6.07) is 14.3. The molecule has 0 saturated carbocycles. The zero-order valence-electron chi connectivity index (χ0n) is 18.4. The third kappa shape index (κ3) is 4.26. The Kier molecular flexibility index (Phi) is 5.66. The predicted octanol–water partition coefficient (Wildman–Crippen LogP) is 4.83. The van der Waals surface area contributed by atoms with E-state index < -0.39 is 0 Å². The third-order valence-corrected chi connectivity index (χ3v) is 5.28. The minimum absolute atomic E-state index is 0.121. The van der Waals surface area contributed by atoms with Gasteiger partial charge in [-0.15, -0.1) is 10.2 Å². The number of ether oxygens (including phenoxy) is 1. The molecule has 1 atom stereocenters. The summed E-state index contributed by atoms with van der Waals surface area (Å²) in [6.45, 7) is 8.20. The monoisotopic (exact) mass is 414 g/mol. The molecule has 0 amide bonds. The Balaban J connectivity index is 1.60. The molecule has 3 heterocycles. The molecule has 0 fully saturated rings. The first-order valence-electron chi connectivity index (χ1n) is 10.2. The van der Waals surface area contributed by atoms with Crippen LogP contribution in [0.5, 0.6) is 5.88 Å². The first-order valence-corrected chi connectivity index (χ1v) is 10.2. The van der Waals surface area contributed by atoms with Crippen LogP contribution in [-0.2, 0) is 0 Å². The summed E-state index contributed by atoms with van der Waals surface area (Å²) < 4.78 is 7.41. The van der Waals surface area contributed by atoms with E-state index in [0.717, 1.165) is 22.8 Å². The second-order valence-electron chi connectivity index (χ2n) is 7.63. The Morgan fingerprint density at radius 3 is 2.45 bits per heavy atom. The van der Waals surface area contributed by atoms with Crippen molar-refractivity contribution in [3.05, 3.63) is 77.4 Å². The van der Waals surface area contributed by atoms with Gasteiger partial charge in [-0.2, -0.15) is 0 Å². The van der Waals surface area contributed by atoms with Gasteiger partial charge in [0.1, 0.15) is 11.4 Å². The summed E-state index contributed by atoms with van der Waals surface area (Å²) in [5.74, 6) is 1.27. The van der Waals surface area contributed by atoms with Crippen molar-refractivity contribution in [1.29, 1.82) is 0 Å². The molecule has 0 saturated heterocycles. The van der Waals surface area contributed by atoms with E-state index in [-0.39, 0.29) is 6.04 Å². The van der Waals surface area contributed by atoms with Gasteiger partial charge in [-0.3, -0.25) is 0 Å². The van der Waals surface area contributed by atoms with Crippen molar-refractivity contribution in [3.8, 4) is 23.0 Å². The fourth-order valence-electron chi connectivity index (χ4n) is 3.58. The molecule has 3 aromatic heterocycles. The number of benzene rings is 1. The number of hydrogen-bond acceptors (Lipinski definition) is 6. The number of nitrogens with zero attached hydrogens (tertiary/aromatic N) is 5. The fourth-order valence-corrected chi connectivity index (χ4v) is 3.58. The van der Waals surface area contributed by atoms with Crippen molar-refractivity contribution in [3.63, 3.8) is 0 Å². The van der Waals surface area contributed by atoms with Crippen LogP contribution in [0.2, 0.25) is 0 Å². The van der Waals surface area contributed by atoms with E-state index in [9.17, 15) is 0 Å². The number of rotatable bonds is 6. The van der Waals surface area contributed by atoms with Crippen LogP contribution in [0.15, 0.2) is 55.0 Å². The lowest BCUT2D eigenvalue weighted by Crippen LogP contribution is -2.11. The van der Waals surface area contributed by atoms with Crippen LogP contribution in [0.3, 0.4) is 0 Å². The number of hydrogen-bond donors (Lipinski definition) is 1. The predicted molar refractivity (Wildman–Crippen MR) is 122 cm³/mol. The Bertz CT molecular complexity index is 1220. The second-order valence-corrected chi connectivity index (χ2v) is 7.63. The minimum Gasteiger partial charge on any atom is -0.479 e. The smallest absolute Gasteiger partial charge is 0.238 e. The summed E-state index contributed by atoms with van der Waals surface area (Å²) in [5.41, 5.74) is 6.63. The van der Waals surface area contributed by atoms with E-state index in [4.69, 9.17) is 4.74 Å². The molecule has 0 aliphatic carbocycles. The molecule has 1 N–H and O–H groups in total. The second kappa shape index (κ2) is 8.55. The van der Waals surface area contributed by atoms with E-state index in [2.05, 4.69) is 57.5 Å². The van der Waals surface area contributed by atoms with Crippen LogP contribution in [0, 0.1) is 20.8 Å². The van der Waals surface area contributed by atoms with Crippen molar-refractivity contribution >= 4 is 5.82 Å². The average molecular weight is 415 g/mol. The van der Waals surface area contributed by atoms with Gasteiger partial charge in [0.15, 0.2) is 5.82 Å². The first kappa shape index (κ1) is 20.5. The number of anilines is 1. The van der Waals surface area contributed by atoms with Crippen LogP contribution in [0.4, 0.5) is 5.82 Å². The molecule has 0 aliphatic rings. The van der Waals surface area contributed by atoms with E-state index in [0.29, 0.717) is 17.3 Å². The van der Waals surface area contributed by atoms with Crippen molar-refractivity contribution in [1.82, 2.24) is 24.7 Å². The maximum atomic E-state index is 5.52. The standard InChI is InChI=1S/C24H26N6O/c1-15-8-6-7-9-19(15)18(4)26-23-16(2)12-21(28-29-23)20-10-11-22(24(27-20)31-5)30-13-17(3)25-14-30/h6-14,18H,1-5H3,(H,26,29). The number of aromatic nitrogens is 5. The molecule has 4 aromatic rings. The summed E-state index contributed by atoms with van der Waals surface area (Å²) in [5, 5.41) is 12.3. The average Bonchev–Trinajstić information content (AvgIpc) is 3.21. The topological polar surface area (TPSA) is 77.8 Å². The van der Waals surface area contributed by atoms with E-state index in [1.54, 1.807) is 13.4 Å². The van der Waals surface area contributed by atoms with Gasteiger partial charge in [0.25, 0.3) is 0 Å². The van der Waals surface area contributed by atoms with Crippen molar-refractivity contribution in [2.24, 2.45) is 0 Å². The quantitative estimate of drug-likeness (QED) is 0.487. The molecule has 0 bridgehead atoms. The molecule has 0 spiro atoms. The Morgan fingerprint density at radius 2 is 1.77 bits per heavy atom. The lowest BCUT2D eigenvalue weighted by Gasteiger charge is -2.18.